The van der Waals surface area contributed by atoms with E-state index in [0.717, 1.165) is 12.0 Å². The molecule has 1 aromatic carbocycles. The molecule has 3 N–H and O–H groups in total. The first-order chi connectivity index (χ1) is 7.92. The lowest BCUT2D eigenvalue weighted by Crippen LogP contribution is -2.29. The molecular formula is C11H17FN2O2S. The van der Waals surface area contributed by atoms with Crippen LogP contribution < -0.4 is 10.5 Å². The molecule has 96 valence electrons. The van der Waals surface area contributed by atoms with E-state index in [9.17, 15) is 12.8 Å². The van der Waals surface area contributed by atoms with Crippen LogP contribution in [-0.4, -0.2) is 20.7 Å². The van der Waals surface area contributed by atoms with Crippen molar-refractivity contribution in [1.82, 2.24) is 5.32 Å². The summed E-state index contributed by atoms with van der Waals surface area (Å²) in [5, 5.41) is 7.94. The zero-order valence-corrected chi connectivity index (χ0v) is 10.5. The van der Waals surface area contributed by atoms with Gasteiger partial charge in [-0.2, -0.15) is 0 Å². The summed E-state index contributed by atoms with van der Waals surface area (Å²) in [6.07, 6.45) is 0.744. The Labute approximate surface area is 101 Å². The van der Waals surface area contributed by atoms with Gasteiger partial charge in [-0.15, -0.1) is 0 Å². The van der Waals surface area contributed by atoms with Gasteiger partial charge in [0.15, 0.2) is 0 Å². The summed E-state index contributed by atoms with van der Waals surface area (Å²) in [5.74, 6) is -0.423. The molecule has 4 nitrogen and oxygen atoms in total. The summed E-state index contributed by atoms with van der Waals surface area (Å²) in [6.45, 7) is 2.20. The molecule has 1 aromatic rings. The van der Waals surface area contributed by atoms with Gasteiger partial charge in [0.05, 0.1) is 5.75 Å². The van der Waals surface area contributed by atoms with Crippen molar-refractivity contribution in [2.24, 2.45) is 5.14 Å². The van der Waals surface area contributed by atoms with Crippen LogP contribution in [0.5, 0.6) is 0 Å². The van der Waals surface area contributed by atoms with Crippen molar-refractivity contribution in [3.63, 3.8) is 0 Å². The Balaban J connectivity index is 2.60. The van der Waals surface area contributed by atoms with Gasteiger partial charge in [0, 0.05) is 12.6 Å². The Bertz CT molecular complexity index is 462. The zero-order chi connectivity index (χ0) is 12.9. The third-order valence-corrected chi connectivity index (χ3v) is 3.21. The summed E-state index contributed by atoms with van der Waals surface area (Å²) >= 11 is 0. The first kappa shape index (κ1) is 14.1. The molecule has 17 heavy (non-hydrogen) atoms. The maximum atomic E-state index is 13.0. The molecule has 0 fully saturated rings. The maximum Gasteiger partial charge on any atom is 0.210 e. The van der Waals surface area contributed by atoms with Crippen LogP contribution >= 0.6 is 0 Å². The third kappa shape index (κ3) is 5.25. The normalized spacial score (nSPS) is 13.6. The first-order valence-corrected chi connectivity index (χ1v) is 7.13. The minimum absolute atomic E-state index is 0.0625. The summed E-state index contributed by atoms with van der Waals surface area (Å²) in [5.41, 5.74) is 0.807. The molecule has 0 saturated carbocycles. The Morgan fingerprint density at radius 1 is 1.47 bits per heavy atom. The highest BCUT2D eigenvalue weighted by molar-refractivity contribution is 7.89. The number of nitrogens with two attached hydrogens (primary N) is 1. The van der Waals surface area contributed by atoms with E-state index in [1.807, 2.05) is 6.92 Å². The van der Waals surface area contributed by atoms with Gasteiger partial charge >= 0.3 is 0 Å². The van der Waals surface area contributed by atoms with Crippen LogP contribution in [0.2, 0.25) is 0 Å². The highest BCUT2D eigenvalue weighted by Gasteiger charge is 2.10. The summed E-state index contributed by atoms with van der Waals surface area (Å²) in [7, 11) is -3.45. The van der Waals surface area contributed by atoms with E-state index in [4.69, 9.17) is 5.14 Å². The SMILES string of the molecule is CCC(NCCS(N)(=O)=O)c1cccc(F)c1. The van der Waals surface area contributed by atoms with Crippen LogP contribution in [0.3, 0.4) is 0 Å². The lowest BCUT2D eigenvalue weighted by Gasteiger charge is -2.17. The van der Waals surface area contributed by atoms with Crippen molar-refractivity contribution < 1.29 is 12.8 Å². The van der Waals surface area contributed by atoms with Gasteiger partial charge in [-0.3, -0.25) is 0 Å². The molecule has 0 bridgehead atoms. The molecule has 0 saturated heterocycles. The van der Waals surface area contributed by atoms with E-state index >= 15 is 0 Å². The van der Waals surface area contributed by atoms with Crippen molar-refractivity contribution in [2.75, 3.05) is 12.3 Å². The summed E-state index contributed by atoms with van der Waals surface area (Å²) < 4.78 is 34.6. The van der Waals surface area contributed by atoms with Crippen LogP contribution in [0.4, 0.5) is 4.39 Å². The molecule has 1 unspecified atom stereocenters. The lowest BCUT2D eigenvalue weighted by molar-refractivity contribution is 0.526. The molecule has 0 aliphatic heterocycles. The minimum atomic E-state index is -3.45. The lowest BCUT2D eigenvalue weighted by atomic mass is 10.0. The van der Waals surface area contributed by atoms with Crippen molar-refractivity contribution >= 4 is 10.0 Å². The second-order valence-corrected chi connectivity index (χ2v) is 5.57. The molecule has 1 atom stereocenters. The average Bonchev–Trinajstić information content (AvgIpc) is 2.23. The van der Waals surface area contributed by atoms with E-state index in [2.05, 4.69) is 5.32 Å². The van der Waals surface area contributed by atoms with Crippen molar-refractivity contribution in [3.05, 3.63) is 35.6 Å². The van der Waals surface area contributed by atoms with E-state index in [-0.39, 0.29) is 24.2 Å². The van der Waals surface area contributed by atoms with Gasteiger partial charge in [-0.1, -0.05) is 19.1 Å². The van der Waals surface area contributed by atoms with Gasteiger partial charge in [0.25, 0.3) is 0 Å². The van der Waals surface area contributed by atoms with Crippen molar-refractivity contribution in [1.29, 1.82) is 0 Å². The number of benzene rings is 1. The largest absolute Gasteiger partial charge is 0.309 e. The Hall–Kier alpha value is -0.980. The molecule has 1 rings (SSSR count). The first-order valence-electron chi connectivity index (χ1n) is 5.41. The van der Waals surface area contributed by atoms with Gasteiger partial charge in [-0.25, -0.2) is 17.9 Å². The number of nitrogens with one attached hydrogen (secondary N) is 1. The second kappa shape index (κ2) is 6.09. The van der Waals surface area contributed by atoms with E-state index in [1.165, 1.54) is 12.1 Å². The summed E-state index contributed by atoms with van der Waals surface area (Å²) in [6, 6.07) is 6.20. The van der Waals surface area contributed by atoms with E-state index in [0.29, 0.717) is 0 Å². The number of rotatable bonds is 6. The van der Waals surface area contributed by atoms with Gasteiger partial charge in [0.1, 0.15) is 5.82 Å². The molecule has 0 heterocycles. The molecule has 0 spiro atoms. The van der Waals surface area contributed by atoms with Crippen LogP contribution in [0.15, 0.2) is 24.3 Å². The minimum Gasteiger partial charge on any atom is -0.309 e. The van der Waals surface area contributed by atoms with Crippen molar-refractivity contribution in [3.8, 4) is 0 Å². The molecule has 6 heteroatoms. The molecule has 0 aliphatic rings. The maximum absolute atomic E-state index is 13.0. The number of sulfonamides is 1. The standard InChI is InChI=1S/C11H17FN2O2S/c1-2-11(14-6-7-17(13,15)16)9-4-3-5-10(12)8-9/h3-5,8,11,14H,2,6-7H2,1H3,(H2,13,15,16). The van der Waals surface area contributed by atoms with Crippen LogP contribution in [0.25, 0.3) is 0 Å². The van der Waals surface area contributed by atoms with Crippen LogP contribution in [0, 0.1) is 5.82 Å². The topological polar surface area (TPSA) is 72.2 Å². The van der Waals surface area contributed by atoms with Crippen LogP contribution in [-0.2, 0) is 10.0 Å². The fourth-order valence-electron chi connectivity index (χ4n) is 1.60. The third-order valence-electron chi connectivity index (χ3n) is 2.44. The smallest absolute Gasteiger partial charge is 0.210 e. The van der Waals surface area contributed by atoms with Crippen LogP contribution in [0.1, 0.15) is 24.9 Å². The molecule has 0 aromatic heterocycles. The van der Waals surface area contributed by atoms with Gasteiger partial charge in [0.2, 0.25) is 10.0 Å². The highest BCUT2D eigenvalue weighted by atomic mass is 32.2. The quantitative estimate of drug-likeness (QED) is 0.806. The molecule has 0 radical (unpaired) electrons. The Kier molecular flexibility index (Phi) is 5.04. The number of primary sulfonamides is 1. The highest BCUT2D eigenvalue weighted by Crippen LogP contribution is 2.16. The predicted molar refractivity (Wildman–Crippen MR) is 65.4 cm³/mol. The Morgan fingerprint density at radius 2 is 2.18 bits per heavy atom. The molecule has 0 aliphatic carbocycles. The fourth-order valence-corrected chi connectivity index (χ4v) is 2.00. The predicted octanol–water partition coefficient (Wildman–Crippen LogP) is 1.15. The van der Waals surface area contributed by atoms with Crippen molar-refractivity contribution in [2.45, 2.75) is 19.4 Å². The van der Waals surface area contributed by atoms with Gasteiger partial charge < -0.3 is 5.32 Å². The fraction of sp³-hybridized carbons (Fsp3) is 0.455. The number of hydrogen-bond donors (Lipinski definition) is 2. The monoisotopic (exact) mass is 260 g/mol. The van der Waals surface area contributed by atoms with Gasteiger partial charge in [-0.05, 0) is 24.1 Å². The van der Waals surface area contributed by atoms with E-state index < -0.39 is 10.0 Å². The zero-order valence-electron chi connectivity index (χ0n) is 9.69. The molecule has 0 amide bonds. The molecular weight excluding hydrogens is 243 g/mol. The number of hydrogen-bond acceptors (Lipinski definition) is 3. The summed E-state index contributed by atoms with van der Waals surface area (Å²) in [4.78, 5) is 0. The second-order valence-electron chi connectivity index (χ2n) is 3.84. The van der Waals surface area contributed by atoms with E-state index in [1.54, 1.807) is 12.1 Å². The number of halogens is 1. The average molecular weight is 260 g/mol. The Morgan fingerprint density at radius 3 is 2.71 bits per heavy atom.